The molecule has 0 saturated heterocycles. The van der Waals surface area contributed by atoms with Crippen LogP contribution in [-0.2, 0) is 4.79 Å². The first-order chi connectivity index (χ1) is 10.1. The molecule has 2 aromatic carbocycles. The second-order valence-electron chi connectivity index (χ2n) is 4.54. The molecule has 112 valence electrons. The molecule has 2 rings (SSSR count). The molecule has 3 nitrogen and oxygen atoms in total. The summed E-state index contributed by atoms with van der Waals surface area (Å²) in [6, 6.07) is 18.1. The van der Waals surface area contributed by atoms with Crippen LogP contribution in [0.4, 0.5) is 11.4 Å². The summed E-state index contributed by atoms with van der Waals surface area (Å²) in [4.78, 5) is 11.1. The van der Waals surface area contributed by atoms with E-state index in [2.05, 4.69) is 17.6 Å². The fourth-order valence-corrected chi connectivity index (χ4v) is 1.96. The lowest BCUT2D eigenvalue weighted by Gasteiger charge is -2.16. The monoisotopic (exact) mass is 284 g/mol. The second-order valence-corrected chi connectivity index (χ2v) is 4.54. The largest absolute Gasteiger partial charge is 0.379 e. The third kappa shape index (κ3) is 5.69. The minimum absolute atomic E-state index is 0.0548. The Morgan fingerprint density at radius 2 is 1.57 bits per heavy atom. The van der Waals surface area contributed by atoms with E-state index in [0.717, 1.165) is 16.9 Å². The van der Waals surface area contributed by atoms with Crippen LogP contribution in [0.1, 0.15) is 39.3 Å². The Hall–Kier alpha value is -2.29. The Morgan fingerprint density at radius 3 is 2.19 bits per heavy atom. The van der Waals surface area contributed by atoms with Crippen molar-refractivity contribution in [2.24, 2.45) is 0 Å². The lowest BCUT2D eigenvalue weighted by molar-refractivity contribution is -0.114. The summed E-state index contributed by atoms with van der Waals surface area (Å²) in [6.07, 6.45) is 0. The van der Waals surface area contributed by atoms with Gasteiger partial charge in [0.05, 0.1) is 0 Å². The van der Waals surface area contributed by atoms with Crippen molar-refractivity contribution in [3.8, 4) is 0 Å². The number of amides is 1. The number of carbonyl (C=O) groups is 1. The Balaban J connectivity index is 0.00000106. The van der Waals surface area contributed by atoms with E-state index in [-0.39, 0.29) is 11.9 Å². The second kappa shape index (κ2) is 8.80. The number of benzene rings is 2. The first kappa shape index (κ1) is 16.8. The number of rotatable bonds is 4. The van der Waals surface area contributed by atoms with Gasteiger partial charge in [0.15, 0.2) is 0 Å². The van der Waals surface area contributed by atoms with Crippen molar-refractivity contribution in [2.45, 2.75) is 33.7 Å². The van der Waals surface area contributed by atoms with Gasteiger partial charge in [-0.1, -0.05) is 44.2 Å². The number of anilines is 2. The summed E-state index contributed by atoms with van der Waals surface area (Å²) >= 11 is 0. The van der Waals surface area contributed by atoms with Gasteiger partial charge in [-0.05, 0) is 36.8 Å². The quantitative estimate of drug-likeness (QED) is 0.843. The topological polar surface area (TPSA) is 41.1 Å². The van der Waals surface area contributed by atoms with E-state index in [9.17, 15) is 4.79 Å². The standard InChI is InChI=1S/C16H18N2O.C2H6/c1-12(17-15-8-4-3-5-9-15)14-7-6-10-16(11-14)18-13(2)19;1-2/h3-12,17H,1-2H3,(H,18,19);1-2H3. The van der Waals surface area contributed by atoms with Crippen molar-refractivity contribution in [3.63, 3.8) is 0 Å². The van der Waals surface area contributed by atoms with Gasteiger partial charge in [-0.2, -0.15) is 0 Å². The molecule has 0 aromatic heterocycles. The number of carbonyl (C=O) groups excluding carboxylic acids is 1. The van der Waals surface area contributed by atoms with Crippen LogP contribution in [0.5, 0.6) is 0 Å². The van der Waals surface area contributed by atoms with Crippen molar-refractivity contribution < 1.29 is 4.79 Å². The van der Waals surface area contributed by atoms with Gasteiger partial charge in [-0.25, -0.2) is 0 Å². The fraction of sp³-hybridized carbons (Fsp3) is 0.278. The number of hydrogen-bond donors (Lipinski definition) is 2. The number of hydrogen-bond acceptors (Lipinski definition) is 2. The van der Waals surface area contributed by atoms with Crippen LogP contribution in [0.15, 0.2) is 54.6 Å². The molecule has 0 spiro atoms. The van der Waals surface area contributed by atoms with E-state index < -0.39 is 0 Å². The number of nitrogens with one attached hydrogen (secondary N) is 2. The van der Waals surface area contributed by atoms with Crippen LogP contribution in [0.2, 0.25) is 0 Å². The molecule has 3 heteroatoms. The highest BCUT2D eigenvalue weighted by Gasteiger charge is 2.06. The first-order valence-corrected chi connectivity index (χ1v) is 7.34. The molecule has 0 heterocycles. The molecule has 0 fully saturated rings. The van der Waals surface area contributed by atoms with Gasteiger partial charge in [0, 0.05) is 24.3 Å². The number of para-hydroxylation sites is 1. The summed E-state index contributed by atoms with van der Waals surface area (Å²) in [7, 11) is 0. The molecule has 0 aliphatic carbocycles. The van der Waals surface area contributed by atoms with E-state index in [1.165, 1.54) is 6.92 Å². The molecule has 0 aliphatic rings. The molecule has 0 radical (unpaired) electrons. The molecular formula is C18H24N2O. The molecular weight excluding hydrogens is 260 g/mol. The molecule has 0 bridgehead atoms. The van der Waals surface area contributed by atoms with Gasteiger partial charge < -0.3 is 10.6 Å². The van der Waals surface area contributed by atoms with Gasteiger partial charge in [0.1, 0.15) is 0 Å². The maximum absolute atomic E-state index is 11.1. The van der Waals surface area contributed by atoms with Gasteiger partial charge >= 0.3 is 0 Å². The van der Waals surface area contributed by atoms with Crippen LogP contribution >= 0.6 is 0 Å². The van der Waals surface area contributed by atoms with Gasteiger partial charge in [-0.3, -0.25) is 4.79 Å². The average molecular weight is 284 g/mol. The minimum Gasteiger partial charge on any atom is -0.379 e. The van der Waals surface area contributed by atoms with Crippen LogP contribution in [0.25, 0.3) is 0 Å². The maximum Gasteiger partial charge on any atom is 0.221 e. The average Bonchev–Trinajstić information content (AvgIpc) is 2.50. The van der Waals surface area contributed by atoms with Crippen LogP contribution < -0.4 is 10.6 Å². The predicted molar refractivity (Wildman–Crippen MR) is 90.6 cm³/mol. The Bertz CT molecular complexity index is 552. The van der Waals surface area contributed by atoms with Crippen molar-refractivity contribution in [1.82, 2.24) is 0 Å². The molecule has 1 atom stereocenters. The van der Waals surface area contributed by atoms with Crippen molar-refractivity contribution >= 4 is 17.3 Å². The van der Waals surface area contributed by atoms with E-state index in [0.29, 0.717) is 0 Å². The van der Waals surface area contributed by atoms with E-state index in [4.69, 9.17) is 0 Å². The Kier molecular flexibility index (Phi) is 7.02. The van der Waals surface area contributed by atoms with Crippen LogP contribution in [-0.4, -0.2) is 5.91 Å². The SMILES string of the molecule is CC.CC(=O)Nc1cccc(C(C)Nc2ccccc2)c1. The van der Waals surface area contributed by atoms with E-state index in [1.807, 2.05) is 68.4 Å². The normalized spacial score (nSPS) is 10.9. The first-order valence-electron chi connectivity index (χ1n) is 7.34. The van der Waals surface area contributed by atoms with Crippen molar-refractivity contribution in [2.75, 3.05) is 10.6 Å². The zero-order chi connectivity index (χ0) is 15.7. The zero-order valence-corrected chi connectivity index (χ0v) is 13.2. The minimum atomic E-state index is -0.0548. The maximum atomic E-state index is 11.1. The summed E-state index contributed by atoms with van der Waals surface area (Å²) < 4.78 is 0. The summed E-state index contributed by atoms with van der Waals surface area (Å²) in [5.41, 5.74) is 3.04. The van der Waals surface area contributed by atoms with Gasteiger partial charge in [0.25, 0.3) is 0 Å². The Morgan fingerprint density at radius 1 is 0.952 bits per heavy atom. The fourth-order valence-electron chi connectivity index (χ4n) is 1.96. The molecule has 0 saturated carbocycles. The molecule has 1 unspecified atom stereocenters. The summed E-state index contributed by atoms with van der Waals surface area (Å²) in [6.45, 7) is 7.61. The van der Waals surface area contributed by atoms with E-state index >= 15 is 0 Å². The molecule has 2 N–H and O–H groups in total. The van der Waals surface area contributed by atoms with Crippen LogP contribution in [0.3, 0.4) is 0 Å². The van der Waals surface area contributed by atoms with Gasteiger partial charge in [-0.15, -0.1) is 0 Å². The zero-order valence-electron chi connectivity index (χ0n) is 13.2. The smallest absolute Gasteiger partial charge is 0.221 e. The summed E-state index contributed by atoms with van der Waals surface area (Å²) in [5, 5.41) is 6.22. The highest BCUT2D eigenvalue weighted by Crippen LogP contribution is 2.21. The van der Waals surface area contributed by atoms with E-state index in [1.54, 1.807) is 0 Å². The summed E-state index contributed by atoms with van der Waals surface area (Å²) in [5.74, 6) is -0.0548. The molecule has 21 heavy (non-hydrogen) atoms. The molecule has 1 amide bonds. The van der Waals surface area contributed by atoms with Crippen LogP contribution in [0, 0.1) is 0 Å². The third-order valence-corrected chi connectivity index (χ3v) is 2.86. The van der Waals surface area contributed by atoms with Gasteiger partial charge in [0.2, 0.25) is 5.91 Å². The lowest BCUT2D eigenvalue weighted by atomic mass is 10.1. The van der Waals surface area contributed by atoms with Crippen molar-refractivity contribution in [3.05, 3.63) is 60.2 Å². The predicted octanol–water partition coefficient (Wildman–Crippen LogP) is 4.84. The highest BCUT2D eigenvalue weighted by atomic mass is 16.1. The van der Waals surface area contributed by atoms with Crippen molar-refractivity contribution in [1.29, 1.82) is 0 Å². The highest BCUT2D eigenvalue weighted by molar-refractivity contribution is 5.88. The molecule has 2 aromatic rings. The Labute approximate surface area is 127 Å². The third-order valence-electron chi connectivity index (χ3n) is 2.86. The molecule has 0 aliphatic heterocycles. The lowest BCUT2D eigenvalue weighted by Crippen LogP contribution is -2.09.